The number of nitrogens with one attached hydrogen (secondary N) is 1. The maximum Gasteiger partial charge on any atom is 0.251 e. The lowest BCUT2D eigenvalue weighted by Crippen LogP contribution is -2.40. The predicted octanol–water partition coefficient (Wildman–Crippen LogP) is 0.189. The Morgan fingerprint density at radius 2 is 2.11 bits per heavy atom. The van der Waals surface area contributed by atoms with Gasteiger partial charge in [0.15, 0.2) is 0 Å². The van der Waals surface area contributed by atoms with Crippen molar-refractivity contribution in [1.82, 2.24) is 14.2 Å². The molecular weight excluding hydrogens is 386 g/mol. The molecule has 0 spiro atoms. The first-order chi connectivity index (χ1) is 13.3. The average Bonchev–Trinajstić information content (AvgIpc) is 3.16. The molecule has 2 atom stereocenters. The largest absolute Gasteiger partial charge is 0.379 e. The zero-order valence-electron chi connectivity index (χ0n) is 16.6. The number of ether oxygens (including phenoxy) is 2. The van der Waals surface area contributed by atoms with E-state index in [0.717, 1.165) is 17.1 Å². The summed E-state index contributed by atoms with van der Waals surface area (Å²) in [5, 5.41) is 2.76. The van der Waals surface area contributed by atoms with Crippen LogP contribution in [0.5, 0.6) is 0 Å². The van der Waals surface area contributed by atoms with Crippen molar-refractivity contribution in [1.29, 1.82) is 0 Å². The number of carbonyl (C=O) groups excluding carboxylic acids is 1. The quantitative estimate of drug-likeness (QED) is 0.585. The summed E-state index contributed by atoms with van der Waals surface area (Å²) in [6, 6.07) is 2.19. The molecule has 1 aliphatic heterocycles. The van der Waals surface area contributed by atoms with Crippen LogP contribution in [0.25, 0.3) is 0 Å². The van der Waals surface area contributed by atoms with Gasteiger partial charge >= 0.3 is 0 Å². The Labute approximate surface area is 165 Å². The van der Waals surface area contributed by atoms with Gasteiger partial charge in [0.05, 0.1) is 24.2 Å². The molecule has 1 aromatic heterocycles. The third-order valence-corrected chi connectivity index (χ3v) is 6.52. The second-order valence-corrected chi connectivity index (χ2v) is 8.65. The molecule has 28 heavy (non-hydrogen) atoms. The summed E-state index contributed by atoms with van der Waals surface area (Å²) in [7, 11) is -3.71. The summed E-state index contributed by atoms with van der Waals surface area (Å²) in [6.07, 6.45) is 2.10. The molecule has 1 aromatic rings. The minimum absolute atomic E-state index is 0.0128. The van der Waals surface area contributed by atoms with Gasteiger partial charge in [-0.2, -0.15) is 4.31 Å². The molecule has 2 heterocycles. The first-order valence-electron chi connectivity index (χ1n) is 9.47. The molecule has 1 amide bonds. The highest BCUT2D eigenvalue weighted by Crippen LogP contribution is 2.13. The molecule has 0 unspecified atom stereocenters. The maximum atomic E-state index is 12.6. The van der Waals surface area contributed by atoms with Crippen LogP contribution in [0.15, 0.2) is 28.0 Å². The second-order valence-electron chi connectivity index (χ2n) is 6.71. The molecule has 1 fully saturated rings. The van der Waals surface area contributed by atoms with E-state index in [1.165, 1.54) is 16.6 Å². The molecule has 9 nitrogen and oxygen atoms in total. The molecule has 158 valence electrons. The highest BCUT2D eigenvalue weighted by atomic mass is 32.2. The van der Waals surface area contributed by atoms with E-state index in [4.69, 9.17) is 9.47 Å². The van der Waals surface area contributed by atoms with Gasteiger partial charge in [0.1, 0.15) is 6.54 Å². The van der Waals surface area contributed by atoms with Gasteiger partial charge < -0.3 is 19.4 Å². The van der Waals surface area contributed by atoms with Crippen LogP contribution in [0.3, 0.4) is 0 Å². The van der Waals surface area contributed by atoms with Gasteiger partial charge in [0.2, 0.25) is 15.9 Å². The molecular formula is C18H29N3O6S. The molecule has 0 bridgehead atoms. The Balaban J connectivity index is 2.00. The zero-order chi connectivity index (χ0) is 20.7. The van der Waals surface area contributed by atoms with Gasteiger partial charge in [0, 0.05) is 38.0 Å². The Morgan fingerprint density at radius 1 is 1.39 bits per heavy atom. The topological polar surface area (TPSA) is 107 Å². The summed E-state index contributed by atoms with van der Waals surface area (Å²) >= 11 is 0. The minimum Gasteiger partial charge on any atom is -0.379 e. The smallest absolute Gasteiger partial charge is 0.251 e. The monoisotopic (exact) mass is 415 g/mol. The van der Waals surface area contributed by atoms with E-state index < -0.39 is 21.5 Å². The van der Waals surface area contributed by atoms with Crippen molar-refractivity contribution >= 4 is 15.9 Å². The van der Waals surface area contributed by atoms with Crippen molar-refractivity contribution in [2.75, 3.05) is 32.9 Å². The fraction of sp³-hybridized carbons (Fsp3) is 0.667. The number of pyridine rings is 1. The van der Waals surface area contributed by atoms with Crippen LogP contribution < -0.4 is 10.9 Å². The van der Waals surface area contributed by atoms with Gasteiger partial charge in [-0.1, -0.05) is 13.8 Å². The summed E-state index contributed by atoms with van der Waals surface area (Å²) in [6.45, 7) is 7.24. The molecule has 0 aliphatic carbocycles. The van der Waals surface area contributed by atoms with Crippen molar-refractivity contribution in [3.63, 3.8) is 0 Å². The van der Waals surface area contributed by atoms with Gasteiger partial charge in [0.25, 0.3) is 5.56 Å². The molecule has 0 saturated carbocycles. The van der Waals surface area contributed by atoms with E-state index in [9.17, 15) is 18.0 Å². The summed E-state index contributed by atoms with van der Waals surface area (Å²) in [5.74, 6) is -0.391. The molecule has 0 radical (unpaired) electrons. The van der Waals surface area contributed by atoms with Crippen LogP contribution in [0, 0.1) is 0 Å². The number of hydrogen-bond acceptors (Lipinski definition) is 6. The number of aromatic nitrogens is 1. The lowest BCUT2D eigenvalue weighted by Gasteiger charge is -2.19. The van der Waals surface area contributed by atoms with E-state index in [2.05, 4.69) is 5.32 Å². The Kier molecular flexibility index (Phi) is 8.17. The normalized spacial score (nSPS) is 18.4. The van der Waals surface area contributed by atoms with Crippen molar-refractivity contribution in [2.24, 2.45) is 0 Å². The van der Waals surface area contributed by atoms with E-state index >= 15 is 0 Å². The zero-order valence-corrected chi connectivity index (χ0v) is 17.4. The average molecular weight is 416 g/mol. The lowest BCUT2D eigenvalue weighted by atomic mass is 10.3. The summed E-state index contributed by atoms with van der Waals surface area (Å²) in [4.78, 5) is 24.3. The van der Waals surface area contributed by atoms with E-state index in [-0.39, 0.29) is 23.6 Å². The third kappa shape index (κ3) is 5.87. The SMILES string of the molecule is CCN(CC)S(=O)(=O)c1ccc(=O)n(CC(=O)N[C@H](C)CO[C@@H]2CCOC2)c1. The van der Waals surface area contributed by atoms with Gasteiger partial charge in [-0.3, -0.25) is 9.59 Å². The summed E-state index contributed by atoms with van der Waals surface area (Å²) < 4.78 is 38.5. The van der Waals surface area contributed by atoms with Crippen LogP contribution in [-0.2, 0) is 30.8 Å². The predicted molar refractivity (Wildman–Crippen MR) is 104 cm³/mol. The fourth-order valence-electron chi connectivity index (χ4n) is 2.94. The first kappa shape index (κ1) is 22.5. The van der Waals surface area contributed by atoms with E-state index in [1.807, 2.05) is 0 Å². The standard InChI is InChI=1S/C18H29N3O6S/c1-4-21(5-2)28(24,25)16-6-7-18(23)20(10-16)11-17(22)19-14(3)12-27-15-8-9-26-13-15/h6-7,10,14-15H,4-5,8-9,11-13H2,1-3H3,(H,19,22)/t14-,15-/m1/s1. The number of amides is 1. The van der Waals surface area contributed by atoms with Gasteiger partial charge in [-0.25, -0.2) is 8.42 Å². The molecule has 10 heteroatoms. The van der Waals surface area contributed by atoms with E-state index in [1.54, 1.807) is 20.8 Å². The van der Waals surface area contributed by atoms with Crippen molar-refractivity contribution in [3.8, 4) is 0 Å². The van der Waals surface area contributed by atoms with Crippen LogP contribution in [0.1, 0.15) is 27.2 Å². The van der Waals surface area contributed by atoms with Crippen LogP contribution in [-0.4, -0.2) is 68.3 Å². The fourth-order valence-corrected chi connectivity index (χ4v) is 4.42. The van der Waals surface area contributed by atoms with Crippen LogP contribution in [0.2, 0.25) is 0 Å². The molecule has 1 saturated heterocycles. The highest BCUT2D eigenvalue weighted by molar-refractivity contribution is 7.89. The number of sulfonamides is 1. The molecule has 1 N–H and O–H groups in total. The van der Waals surface area contributed by atoms with Crippen molar-refractivity contribution < 1.29 is 22.7 Å². The summed E-state index contributed by atoms with van der Waals surface area (Å²) in [5.41, 5.74) is -0.444. The van der Waals surface area contributed by atoms with Crippen molar-refractivity contribution in [2.45, 2.75) is 50.8 Å². The Morgan fingerprint density at radius 3 is 2.71 bits per heavy atom. The second kappa shape index (κ2) is 10.1. The highest BCUT2D eigenvalue weighted by Gasteiger charge is 2.23. The number of hydrogen-bond donors (Lipinski definition) is 1. The van der Waals surface area contributed by atoms with Crippen LogP contribution >= 0.6 is 0 Å². The van der Waals surface area contributed by atoms with Gasteiger partial charge in [-0.15, -0.1) is 0 Å². The van der Waals surface area contributed by atoms with Crippen LogP contribution in [0.4, 0.5) is 0 Å². The maximum absolute atomic E-state index is 12.6. The Bertz CT molecular complexity index is 813. The number of rotatable bonds is 10. The molecule has 2 rings (SSSR count). The van der Waals surface area contributed by atoms with E-state index in [0.29, 0.717) is 32.9 Å². The Hall–Kier alpha value is -1.75. The third-order valence-electron chi connectivity index (χ3n) is 4.49. The molecule has 1 aliphatic rings. The van der Waals surface area contributed by atoms with Gasteiger partial charge in [-0.05, 0) is 19.4 Å². The number of nitrogens with zero attached hydrogens (tertiary/aromatic N) is 2. The molecule has 0 aromatic carbocycles. The van der Waals surface area contributed by atoms with Crippen molar-refractivity contribution in [3.05, 3.63) is 28.7 Å². The number of carbonyl (C=O) groups is 1. The lowest BCUT2D eigenvalue weighted by molar-refractivity contribution is -0.123. The minimum atomic E-state index is -3.71. The first-order valence-corrected chi connectivity index (χ1v) is 10.9.